The van der Waals surface area contributed by atoms with Crippen LogP contribution in [0.3, 0.4) is 0 Å². The first kappa shape index (κ1) is 35.1. The Hall–Kier alpha value is -7.87. The van der Waals surface area contributed by atoms with Gasteiger partial charge in [-0.15, -0.1) is 0 Å². The number of para-hydroxylation sites is 7. The molecule has 0 aliphatic carbocycles. The standard InChI is InChI=1S/C54H35N3O3S/c58-61(59,42-32-28-40(29-33-42)57-51-17-7-9-19-53(51)60-54-20-10-8-18-52(54)57)41-30-26-39(27-31-41)56-49-16-6-3-13-45(49)46-35-37(23-34-50(46)56)36-21-24-38(25-22-36)55-47-14-4-1-11-43(47)44-12-2-5-15-48(44)55/h1-35H. The summed E-state index contributed by atoms with van der Waals surface area (Å²) in [5.74, 6) is 1.48. The molecule has 2 aromatic heterocycles. The monoisotopic (exact) mass is 805 g/mol. The van der Waals surface area contributed by atoms with E-state index < -0.39 is 9.84 Å². The SMILES string of the molecule is O=S(=O)(c1ccc(N2c3ccccc3Oc3ccccc32)cc1)c1ccc(-n2c3ccccc3c3cc(-c4ccc(-n5c6ccccc6c6ccccc65)cc4)ccc32)cc1. The van der Waals surface area contributed by atoms with Gasteiger partial charge in [-0.05, 0) is 126 Å². The van der Waals surface area contributed by atoms with Crippen molar-refractivity contribution in [2.45, 2.75) is 9.79 Å². The predicted octanol–water partition coefficient (Wildman–Crippen LogP) is 14.0. The number of anilines is 3. The summed E-state index contributed by atoms with van der Waals surface area (Å²) in [5, 5.41) is 4.74. The Bertz CT molecular complexity index is 3530. The van der Waals surface area contributed by atoms with Gasteiger partial charge in [0, 0.05) is 38.6 Å². The predicted molar refractivity (Wildman–Crippen MR) is 247 cm³/mol. The molecule has 0 atom stereocenters. The lowest BCUT2D eigenvalue weighted by Gasteiger charge is -2.32. The van der Waals surface area contributed by atoms with Crippen LogP contribution in [0, 0.1) is 0 Å². The van der Waals surface area contributed by atoms with Crippen LogP contribution in [-0.2, 0) is 9.84 Å². The van der Waals surface area contributed by atoms with Crippen LogP contribution in [0.1, 0.15) is 0 Å². The smallest absolute Gasteiger partial charge is 0.206 e. The Balaban J connectivity index is 0.862. The average molecular weight is 806 g/mol. The maximum absolute atomic E-state index is 14.1. The molecule has 11 aromatic rings. The summed E-state index contributed by atoms with van der Waals surface area (Å²) in [6.45, 7) is 0. The molecular weight excluding hydrogens is 771 g/mol. The van der Waals surface area contributed by atoms with E-state index in [1.807, 2.05) is 78.9 Å². The first-order valence-electron chi connectivity index (χ1n) is 20.3. The molecular formula is C54H35N3O3S. The van der Waals surface area contributed by atoms with Gasteiger partial charge in [0.15, 0.2) is 11.5 Å². The van der Waals surface area contributed by atoms with Crippen LogP contribution in [-0.4, -0.2) is 17.6 Å². The molecule has 9 aromatic carbocycles. The molecule has 0 spiro atoms. The van der Waals surface area contributed by atoms with Gasteiger partial charge in [-0.2, -0.15) is 0 Å². The van der Waals surface area contributed by atoms with E-state index in [2.05, 4.69) is 123 Å². The zero-order valence-electron chi connectivity index (χ0n) is 32.7. The van der Waals surface area contributed by atoms with E-state index in [-0.39, 0.29) is 9.79 Å². The lowest BCUT2D eigenvalue weighted by molar-refractivity contribution is 0.477. The maximum Gasteiger partial charge on any atom is 0.206 e. The van der Waals surface area contributed by atoms with Crippen molar-refractivity contribution in [3.8, 4) is 34.0 Å². The van der Waals surface area contributed by atoms with Crippen molar-refractivity contribution in [2.24, 2.45) is 0 Å². The van der Waals surface area contributed by atoms with Crippen molar-refractivity contribution in [2.75, 3.05) is 4.90 Å². The normalized spacial score (nSPS) is 12.5. The van der Waals surface area contributed by atoms with Crippen molar-refractivity contribution < 1.29 is 13.2 Å². The summed E-state index contributed by atoms with van der Waals surface area (Å²) < 4.78 is 38.9. The number of ether oxygens (including phenoxy) is 1. The molecule has 0 radical (unpaired) electrons. The minimum atomic E-state index is -3.81. The van der Waals surface area contributed by atoms with Gasteiger partial charge in [-0.1, -0.05) is 97.1 Å². The van der Waals surface area contributed by atoms with E-state index in [9.17, 15) is 8.42 Å². The molecule has 0 saturated carbocycles. The zero-order valence-corrected chi connectivity index (χ0v) is 33.5. The van der Waals surface area contributed by atoms with Gasteiger partial charge < -0.3 is 18.8 Å². The number of hydrogen-bond acceptors (Lipinski definition) is 4. The highest BCUT2D eigenvalue weighted by Gasteiger charge is 2.26. The highest BCUT2D eigenvalue weighted by Crippen LogP contribution is 2.50. The van der Waals surface area contributed by atoms with Crippen LogP contribution >= 0.6 is 0 Å². The van der Waals surface area contributed by atoms with Crippen LogP contribution in [0.4, 0.5) is 17.1 Å². The summed E-state index contributed by atoms with van der Waals surface area (Å²) in [4.78, 5) is 2.56. The number of fused-ring (bicyclic) bond motifs is 8. The van der Waals surface area contributed by atoms with Gasteiger partial charge >= 0.3 is 0 Å². The molecule has 1 aliphatic rings. The Labute approximate surface area is 352 Å². The van der Waals surface area contributed by atoms with E-state index in [1.54, 1.807) is 24.3 Å². The number of aromatic nitrogens is 2. The van der Waals surface area contributed by atoms with Gasteiger partial charge in [-0.3, -0.25) is 0 Å². The van der Waals surface area contributed by atoms with Gasteiger partial charge in [-0.25, -0.2) is 8.42 Å². The molecule has 0 N–H and O–H groups in total. The number of benzene rings is 9. The number of nitrogens with zero attached hydrogens (tertiary/aromatic N) is 3. The third kappa shape index (κ3) is 5.51. The van der Waals surface area contributed by atoms with Crippen LogP contribution in [0.5, 0.6) is 11.5 Å². The molecule has 0 unspecified atom stereocenters. The molecule has 290 valence electrons. The van der Waals surface area contributed by atoms with Crippen molar-refractivity contribution in [3.05, 3.63) is 212 Å². The molecule has 1 aliphatic heterocycles. The highest BCUT2D eigenvalue weighted by atomic mass is 32.2. The first-order valence-corrected chi connectivity index (χ1v) is 21.7. The quantitative estimate of drug-likeness (QED) is 0.168. The number of rotatable bonds is 6. The van der Waals surface area contributed by atoms with E-state index in [1.165, 1.54) is 21.8 Å². The van der Waals surface area contributed by atoms with Crippen LogP contribution in [0.2, 0.25) is 0 Å². The number of sulfone groups is 1. The summed E-state index contributed by atoms with van der Waals surface area (Å²) in [7, 11) is -3.81. The molecule has 12 rings (SSSR count). The Morgan fingerprint density at radius 2 is 0.738 bits per heavy atom. The first-order chi connectivity index (χ1) is 30.0. The molecule has 3 heterocycles. The molecule has 0 fully saturated rings. The highest BCUT2D eigenvalue weighted by molar-refractivity contribution is 7.91. The fourth-order valence-corrected chi connectivity index (χ4v) is 10.4. The fourth-order valence-electron chi connectivity index (χ4n) is 9.10. The second kappa shape index (κ2) is 13.6. The third-order valence-electron chi connectivity index (χ3n) is 12.0. The molecule has 6 nitrogen and oxygen atoms in total. The molecule has 0 saturated heterocycles. The van der Waals surface area contributed by atoms with E-state index in [0.717, 1.165) is 72.9 Å². The summed E-state index contributed by atoms with van der Waals surface area (Å²) in [5.41, 5.74) is 11.3. The summed E-state index contributed by atoms with van der Waals surface area (Å²) >= 11 is 0. The van der Waals surface area contributed by atoms with Gasteiger partial charge in [0.2, 0.25) is 9.84 Å². The largest absolute Gasteiger partial charge is 0.453 e. The lowest BCUT2D eigenvalue weighted by Crippen LogP contribution is -2.15. The fraction of sp³-hybridized carbons (Fsp3) is 0. The Morgan fingerprint density at radius 1 is 0.344 bits per heavy atom. The summed E-state index contributed by atoms with van der Waals surface area (Å²) in [6.07, 6.45) is 0. The van der Waals surface area contributed by atoms with Crippen LogP contribution < -0.4 is 9.64 Å². The molecule has 7 heteroatoms. The van der Waals surface area contributed by atoms with Crippen LogP contribution in [0.15, 0.2) is 222 Å². The second-order valence-electron chi connectivity index (χ2n) is 15.4. The maximum atomic E-state index is 14.1. The molecule has 0 bridgehead atoms. The van der Waals surface area contributed by atoms with Crippen molar-refractivity contribution in [3.63, 3.8) is 0 Å². The summed E-state index contributed by atoms with van der Waals surface area (Å²) in [6, 6.07) is 70.9. The lowest BCUT2D eigenvalue weighted by atomic mass is 10.0. The van der Waals surface area contributed by atoms with Crippen molar-refractivity contribution in [1.82, 2.24) is 9.13 Å². The average Bonchev–Trinajstić information content (AvgIpc) is 3.83. The van der Waals surface area contributed by atoms with E-state index in [0.29, 0.717) is 0 Å². The van der Waals surface area contributed by atoms with E-state index >= 15 is 0 Å². The van der Waals surface area contributed by atoms with Crippen molar-refractivity contribution >= 4 is 70.5 Å². The minimum absolute atomic E-state index is 0.228. The Kier molecular flexibility index (Phi) is 7.82. The van der Waals surface area contributed by atoms with Crippen molar-refractivity contribution in [1.29, 1.82) is 0 Å². The third-order valence-corrected chi connectivity index (χ3v) is 13.7. The van der Waals surface area contributed by atoms with Gasteiger partial charge in [0.1, 0.15) is 0 Å². The minimum Gasteiger partial charge on any atom is -0.453 e. The van der Waals surface area contributed by atoms with Gasteiger partial charge in [0.05, 0.1) is 43.2 Å². The van der Waals surface area contributed by atoms with Gasteiger partial charge in [0.25, 0.3) is 0 Å². The topological polar surface area (TPSA) is 56.5 Å². The second-order valence-corrected chi connectivity index (χ2v) is 17.3. The van der Waals surface area contributed by atoms with Crippen LogP contribution in [0.25, 0.3) is 66.1 Å². The molecule has 61 heavy (non-hydrogen) atoms. The number of hydrogen-bond donors (Lipinski definition) is 0. The van der Waals surface area contributed by atoms with E-state index in [4.69, 9.17) is 4.74 Å². The Morgan fingerprint density at radius 3 is 1.26 bits per heavy atom. The zero-order chi connectivity index (χ0) is 40.7. The molecule has 0 amide bonds.